The molecule has 0 aliphatic heterocycles. The lowest BCUT2D eigenvalue weighted by atomic mass is 9.92. The van der Waals surface area contributed by atoms with Crippen LogP contribution in [0.3, 0.4) is 0 Å². The fraction of sp³-hybridized carbons (Fsp3) is 0.562. The van der Waals surface area contributed by atoms with Gasteiger partial charge in [0.05, 0.1) is 0 Å². The normalized spacial score (nSPS) is 17.2. The van der Waals surface area contributed by atoms with Crippen molar-refractivity contribution < 1.29 is 9.18 Å². The Morgan fingerprint density at radius 1 is 1.21 bits per heavy atom. The van der Waals surface area contributed by atoms with Crippen LogP contribution in [-0.2, 0) is 11.2 Å². The van der Waals surface area contributed by atoms with Crippen LogP contribution in [0.25, 0.3) is 0 Å². The molecule has 1 aromatic carbocycles. The van der Waals surface area contributed by atoms with Crippen molar-refractivity contribution in [1.29, 1.82) is 0 Å². The highest BCUT2D eigenvalue weighted by molar-refractivity contribution is 6.31. The molecular formula is C16H20ClFO. The zero-order valence-electron chi connectivity index (χ0n) is 11.1. The lowest BCUT2D eigenvalue weighted by Crippen LogP contribution is -2.11. The lowest BCUT2D eigenvalue weighted by molar-refractivity contribution is -0.119. The molecule has 0 heterocycles. The molecule has 3 heteroatoms. The molecular weight excluding hydrogens is 263 g/mol. The number of hydrogen-bond acceptors (Lipinski definition) is 1. The summed E-state index contributed by atoms with van der Waals surface area (Å²) in [6, 6.07) is 4.57. The molecule has 0 spiro atoms. The summed E-state index contributed by atoms with van der Waals surface area (Å²) in [5.41, 5.74) is 0.350. The predicted molar refractivity (Wildman–Crippen MR) is 75.9 cm³/mol. The van der Waals surface area contributed by atoms with Crippen LogP contribution in [0.2, 0.25) is 5.02 Å². The highest BCUT2D eigenvalue weighted by Gasteiger charge is 2.18. The first-order chi connectivity index (χ1) is 9.16. The first-order valence-corrected chi connectivity index (χ1v) is 7.49. The van der Waals surface area contributed by atoms with Gasteiger partial charge in [0.15, 0.2) is 0 Å². The third-order valence-electron chi connectivity index (χ3n) is 3.93. The molecule has 0 bridgehead atoms. The molecule has 0 radical (unpaired) electrons. The van der Waals surface area contributed by atoms with Gasteiger partial charge >= 0.3 is 0 Å². The molecule has 19 heavy (non-hydrogen) atoms. The van der Waals surface area contributed by atoms with Gasteiger partial charge in [0, 0.05) is 23.4 Å². The number of ketones is 1. The Labute approximate surface area is 119 Å². The van der Waals surface area contributed by atoms with E-state index in [-0.39, 0.29) is 18.0 Å². The van der Waals surface area contributed by atoms with Crippen LogP contribution >= 0.6 is 11.6 Å². The number of benzene rings is 1. The SMILES string of the molecule is O=C(Cc1c(F)cccc1Cl)CC1CCCCCC1. The number of Topliss-reactive ketones (excluding diaryl/α,β-unsaturated/α-hetero) is 1. The molecule has 0 amide bonds. The first-order valence-electron chi connectivity index (χ1n) is 7.11. The number of carbonyl (C=O) groups is 1. The minimum absolute atomic E-state index is 0.110. The monoisotopic (exact) mass is 282 g/mol. The topological polar surface area (TPSA) is 17.1 Å². The van der Waals surface area contributed by atoms with E-state index in [1.165, 1.54) is 31.7 Å². The number of rotatable bonds is 4. The molecule has 1 aliphatic carbocycles. The van der Waals surface area contributed by atoms with Gasteiger partial charge in [-0.05, 0) is 18.1 Å². The van der Waals surface area contributed by atoms with Crippen LogP contribution in [-0.4, -0.2) is 5.78 Å². The van der Waals surface area contributed by atoms with Gasteiger partial charge in [0.25, 0.3) is 0 Å². The summed E-state index contributed by atoms with van der Waals surface area (Å²) in [4.78, 5) is 12.1. The highest BCUT2D eigenvalue weighted by atomic mass is 35.5. The largest absolute Gasteiger partial charge is 0.299 e. The average molecular weight is 283 g/mol. The van der Waals surface area contributed by atoms with E-state index in [4.69, 9.17) is 11.6 Å². The summed E-state index contributed by atoms with van der Waals surface area (Å²) in [5, 5.41) is 0.356. The smallest absolute Gasteiger partial charge is 0.137 e. The van der Waals surface area contributed by atoms with E-state index in [0.29, 0.717) is 22.9 Å². The van der Waals surface area contributed by atoms with Crippen molar-refractivity contribution in [2.24, 2.45) is 5.92 Å². The Bertz CT molecular complexity index is 416. The Hall–Kier alpha value is -0.890. The second-order valence-corrected chi connectivity index (χ2v) is 5.88. The molecule has 0 N–H and O–H groups in total. The summed E-state index contributed by atoms with van der Waals surface area (Å²) in [7, 11) is 0. The standard InChI is InChI=1S/C16H20ClFO/c17-15-8-5-9-16(18)14(15)11-13(19)10-12-6-3-1-2-4-7-12/h5,8-9,12H,1-4,6-7,10-11H2. The maximum absolute atomic E-state index is 13.6. The summed E-state index contributed by atoms with van der Waals surface area (Å²) in [6.07, 6.45) is 7.98. The molecule has 2 rings (SSSR count). The van der Waals surface area contributed by atoms with Crippen molar-refractivity contribution in [1.82, 2.24) is 0 Å². The highest BCUT2D eigenvalue weighted by Crippen LogP contribution is 2.27. The third-order valence-corrected chi connectivity index (χ3v) is 4.28. The second-order valence-electron chi connectivity index (χ2n) is 5.48. The first kappa shape index (κ1) is 14.5. The Morgan fingerprint density at radius 2 is 1.89 bits per heavy atom. The van der Waals surface area contributed by atoms with Crippen molar-refractivity contribution in [3.63, 3.8) is 0 Å². The van der Waals surface area contributed by atoms with E-state index >= 15 is 0 Å². The van der Waals surface area contributed by atoms with Gasteiger partial charge < -0.3 is 0 Å². The zero-order valence-corrected chi connectivity index (χ0v) is 11.9. The molecule has 1 fully saturated rings. The number of halogens is 2. The van der Waals surface area contributed by atoms with Crippen molar-refractivity contribution in [2.45, 2.75) is 51.4 Å². The summed E-state index contributed by atoms with van der Waals surface area (Å²) in [6.45, 7) is 0. The van der Waals surface area contributed by atoms with Crippen LogP contribution in [0.15, 0.2) is 18.2 Å². The van der Waals surface area contributed by atoms with E-state index in [0.717, 1.165) is 12.8 Å². The molecule has 0 unspecified atom stereocenters. The molecule has 0 atom stereocenters. The van der Waals surface area contributed by atoms with Crippen molar-refractivity contribution in [3.05, 3.63) is 34.6 Å². The Morgan fingerprint density at radius 3 is 2.53 bits per heavy atom. The van der Waals surface area contributed by atoms with Crippen LogP contribution < -0.4 is 0 Å². The van der Waals surface area contributed by atoms with Crippen molar-refractivity contribution in [2.75, 3.05) is 0 Å². The minimum atomic E-state index is -0.373. The van der Waals surface area contributed by atoms with E-state index in [9.17, 15) is 9.18 Å². The minimum Gasteiger partial charge on any atom is -0.299 e. The molecule has 1 nitrogen and oxygen atoms in total. The second kappa shape index (κ2) is 7.04. The third kappa shape index (κ3) is 4.31. The van der Waals surface area contributed by atoms with E-state index in [1.54, 1.807) is 12.1 Å². The Balaban J connectivity index is 1.93. The van der Waals surface area contributed by atoms with Gasteiger partial charge in [-0.25, -0.2) is 4.39 Å². The molecule has 0 saturated heterocycles. The number of hydrogen-bond donors (Lipinski definition) is 0. The molecule has 0 aromatic heterocycles. The number of carbonyl (C=O) groups excluding carboxylic acids is 1. The van der Waals surface area contributed by atoms with Gasteiger partial charge in [0.1, 0.15) is 11.6 Å². The van der Waals surface area contributed by atoms with Gasteiger partial charge in [-0.15, -0.1) is 0 Å². The van der Waals surface area contributed by atoms with Crippen molar-refractivity contribution in [3.8, 4) is 0 Å². The van der Waals surface area contributed by atoms with Crippen LogP contribution in [0.5, 0.6) is 0 Å². The van der Waals surface area contributed by atoms with Crippen LogP contribution in [0.1, 0.15) is 50.5 Å². The van der Waals surface area contributed by atoms with Gasteiger partial charge in [0.2, 0.25) is 0 Å². The average Bonchev–Trinajstić information content (AvgIpc) is 2.63. The summed E-state index contributed by atoms with van der Waals surface area (Å²) < 4.78 is 13.6. The fourth-order valence-corrected chi connectivity index (χ4v) is 3.09. The molecule has 1 aliphatic rings. The summed E-state index contributed by atoms with van der Waals surface area (Å²) >= 11 is 5.95. The molecule has 1 saturated carbocycles. The molecule has 104 valence electrons. The van der Waals surface area contributed by atoms with Crippen LogP contribution in [0.4, 0.5) is 4.39 Å². The van der Waals surface area contributed by atoms with Gasteiger partial charge in [-0.3, -0.25) is 4.79 Å². The van der Waals surface area contributed by atoms with E-state index < -0.39 is 0 Å². The predicted octanol–water partition coefficient (Wildman–Crippen LogP) is 4.95. The van der Waals surface area contributed by atoms with E-state index in [2.05, 4.69) is 0 Å². The fourth-order valence-electron chi connectivity index (χ4n) is 2.86. The maximum atomic E-state index is 13.6. The summed E-state index contributed by atoms with van der Waals surface area (Å²) in [5.74, 6) is 0.223. The van der Waals surface area contributed by atoms with E-state index in [1.807, 2.05) is 0 Å². The zero-order chi connectivity index (χ0) is 13.7. The van der Waals surface area contributed by atoms with Crippen molar-refractivity contribution >= 4 is 17.4 Å². The van der Waals surface area contributed by atoms with Gasteiger partial charge in [-0.2, -0.15) is 0 Å². The maximum Gasteiger partial charge on any atom is 0.137 e. The Kier molecular flexibility index (Phi) is 5.38. The van der Waals surface area contributed by atoms with Gasteiger partial charge in [-0.1, -0.05) is 56.2 Å². The van der Waals surface area contributed by atoms with Crippen LogP contribution in [0, 0.1) is 11.7 Å². The lowest BCUT2D eigenvalue weighted by Gasteiger charge is -2.13. The quantitative estimate of drug-likeness (QED) is 0.714. The molecule has 1 aromatic rings.